The van der Waals surface area contributed by atoms with Gasteiger partial charge in [0.15, 0.2) is 0 Å². The Balaban J connectivity index is 2.16. The zero-order chi connectivity index (χ0) is 20.7. The van der Waals surface area contributed by atoms with Gasteiger partial charge in [-0.05, 0) is 24.3 Å². The molecular formula is C18H22ClN3O5S. The fourth-order valence-electron chi connectivity index (χ4n) is 2.23. The summed E-state index contributed by atoms with van der Waals surface area (Å²) in [5.74, 6) is -0.123. The van der Waals surface area contributed by atoms with Crippen LogP contribution in [-0.2, 0) is 21.3 Å². The number of amides is 1. The van der Waals surface area contributed by atoms with Gasteiger partial charge >= 0.3 is 0 Å². The molecule has 10 heteroatoms. The van der Waals surface area contributed by atoms with Crippen LogP contribution in [0, 0.1) is 0 Å². The van der Waals surface area contributed by atoms with E-state index in [1.54, 1.807) is 25.4 Å². The second-order valence-electron chi connectivity index (χ2n) is 5.92. The SMILES string of the molecule is COCCOc1ncccc1CNC(=O)c1cc(S(=O)(=O)N(C)C)ccc1Cl. The Morgan fingerprint density at radius 3 is 2.68 bits per heavy atom. The molecule has 1 N–H and O–H groups in total. The summed E-state index contributed by atoms with van der Waals surface area (Å²) in [4.78, 5) is 16.7. The number of benzene rings is 1. The highest BCUT2D eigenvalue weighted by molar-refractivity contribution is 7.89. The van der Waals surface area contributed by atoms with Crippen LogP contribution in [0.3, 0.4) is 0 Å². The second-order valence-corrected chi connectivity index (χ2v) is 8.48. The van der Waals surface area contributed by atoms with Crippen LogP contribution in [0.5, 0.6) is 5.88 Å². The summed E-state index contributed by atoms with van der Waals surface area (Å²) in [6, 6.07) is 7.49. The molecule has 0 radical (unpaired) electrons. The van der Waals surface area contributed by atoms with Crippen molar-refractivity contribution in [2.24, 2.45) is 0 Å². The molecular weight excluding hydrogens is 406 g/mol. The Morgan fingerprint density at radius 2 is 2.00 bits per heavy atom. The van der Waals surface area contributed by atoms with Gasteiger partial charge in [-0.25, -0.2) is 17.7 Å². The van der Waals surface area contributed by atoms with Crippen LogP contribution in [0.15, 0.2) is 41.4 Å². The van der Waals surface area contributed by atoms with Crippen molar-refractivity contribution in [1.29, 1.82) is 0 Å². The molecule has 2 aromatic rings. The molecule has 0 bridgehead atoms. The molecule has 0 aliphatic heterocycles. The molecule has 2 rings (SSSR count). The lowest BCUT2D eigenvalue weighted by Gasteiger charge is -2.14. The number of sulfonamides is 1. The number of nitrogens with zero attached hydrogens (tertiary/aromatic N) is 2. The molecule has 0 aliphatic rings. The summed E-state index contributed by atoms with van der Waals surface area (Å²) in [5.41, 5.74) is 0.732. The van der Waals surface area contributed by atoms with Crippen LogP contribution in [0.25, 0.3) is 0 Å². The normalized spacial score (nSPS) is 11.5. The molecule has 152 valence electrons. The van der Waals surface area contributed by atoms with Gasteiger partial charge in [0.2, 0.25) is 15.9 Å². The zero-order valence-corrected chi connectivity index (χ0v) is 17.4. The summed E-state index contributed by atoms with van der Waals surface area (Å²) in [6.07, 6.45) is 1.58. The quantitative estimate of drug-likeness (QED) is 0.614. The molecule has 0 unspecified atom stereocenters. The molecule has 0 saturated heterocycles. The molecule has 1 aromatic carbocycles. The number of carbonyl (C=O) groups is 1. The molecule has 1 heterocycles. The Morgan fingerprint density at radius 1 is 1.25 bits per heavy atom. The fourth-order valence-corrected chi connectivity index (χ4v) is 3.36. The number of rotatable bonds is 9. The van der Waals surface area contributed by atoms with Crippen LogP contribution in [0.4, 0.5) is 0 Å². The number of nitrogens with one attached hydrogen (secondary N) is 1. The van der Waals surface area contributed by atoms with E-state index in [4.69, 9.17) is 21.1 Å². The number of ether oxygens (including phenoxy) is 2. The van der Waals surface area contributed by atoms with Gasteiger partial charge < -0.3 is 14.8 Å². The Hall–Kier alpha value is -2.20. The molecule has 0 spiro atoms. The molecule has 0 saturated carbocycles. The third kappa shape index (κ3) is 5.41. The van der Waals surface area contributed by atoms with Gasteiger partial charge in [-0.1, -0.05) is 17.7 Å². The summed E-state index contributed by atoms with van der Waals surface area (Å²) in [5, 5.41) is 2.86. The van der Waals surface area contributed by atoms with Crippen LogP contribution >= 0.6 is 11.6 Å². The number of pyridine rings is 1. The summed E-state index contributed by atoms with van der Waals surface area (Å²) >= 11 is 6.10. The van der Waals surface area contributed by atoms with Crippen LogP contribution in [0.2, 0.25) is 5.02 Å². The van der Waals surface area contributed by atoms with Crippen LogP contribution < -0.4 is 10.1 Å². The molecule has 8 nitrogen and oxygen atoms in total. The number of hydrogen-bond donors (Lipinski definition) is 1. The standard InChI is InChI=1S/C18H22ClN3O5S/c1-22(2)28(24,25)14-6-7-16(19)15(11-14)17(23)21-12-13-5-4-8-20-18(13)27-10-9-26-3/h4-8,11H,9-10,12H2,1-3H3,(H,21,23). The van der Waals surface area contributed by atoms with Crippen molar-refractivity contribution in [1.82, 2.24) is 14.6 Å². The van der Waals surface area contributed by atoms with E-state index < -0.39 is 15.9 Å². The molecule has 0 aliphatic carbocycles. The van der Waals surface area contributed by atoms with E-state index in [1.807, 2.05) is 0 Å². The lowest BCUT2D eigenvalue weighted by molar-refractivity contribution is 0.0950. The zero-order valence-electron chi connectivity index (χ0n) is 15.8. The van der Waals surface area contributed by atoms with E-state index in [2.05, 4.69) is 10.3 Å². The number of methoxy groups -OCH3 is 1. The average Bonchev–Trinajstić information content (AvgIpc) is 2.67. The number of aromatic nitrogens is 1. The van der Waals surface area contributed by atoms with Crippen molar-refractivity contribution in [2.45, 2.75) is 11.4 Å². The van der Waals surface area contributed by atoms with Gasteiger partial charge in [-0.3, -0.25) is 4.79 Å². The number of carbonyl (C=O) groups excluding carboxylic acids is 1. The first kappa shape index (κ1) is 22.1. The minimum Gasteiger partial charge on any atom is -0.475 e. The molecule has 1 amide bonds. The van der Waals surface area contributed by atoms with E-state index >= 15 is 0 Å². The predicted octanol–water partition coefficient (Wildman–Crippen LogP) is 1.94. The molecule has 0 fully saturated rings. The Labute approximate surface area is 169 Å². The first-order chi connectivity index (χ1) is 13.3. The van der Waals surface area contributed by atoms with Crippen LogP contribution in [-0.4, -0.2) is 58.0 Å². The van der Waals surface area contributed by atoms with Gasteiger partial charge in [0.05, 0.1) is 22.1 Å². The van der Waals surface area contributed by atoms with Crippen molar-refractivity contribution in [3.63, 3.8) is 0 Å². The third-order valence-electron chi connectivity index (χ3n) is 3.78. The van der Waals surface area contributed by atoms with Crippen molar-refractivity contribution >= 4 is 27.5 Å². The highest BCUT2D eigenvalue weighted by Crippen LogP contribution is 2.22. The first-order valence-corrected chi connectivity index (χ1v) is 10.1. The highest BCUT2D eigenvalue weighted by atomic mass is 35.5. The molecule has 1 aromatic heterocycles. The van der Waals surface area contributed by atoms with Crippen molar-refractivity contribution < 1.29 is 22.7 Å². The minimum atomic E-state index is -3.68. The fraction of sp³-hybridized carbons (Fsp3) is 0.333. The van der Waals surface area contributed by atoms with Gasteiger partial charge in [0.25, 0.3) is 5.91 Å². The summed E-state index contributed by atoms with van der Waals surface area (Å²) in [7, 11) is 0.711. The second kappa shape index (κ2) is 9.83. The summed E-state index contributed by atoms with van der Waals surface area (Å²) in [6.45, 7) is 0.867. The third-order valence-corrected chi connectivity index (χ3v) is 5.92. The maximum absolute atomic E-state index is 12.6. The van der Waals surface area contributed by atoms with Crippen molar-refractivity contribution in [2.75, 3.05) is 34.4 Å². The highest BCUT2D eigenvalue weighted by Gasteiger charge is 2.21. The lowest BCUT2D eigenvalue weighted by Crippen LogP contribution is -2.25. The van der Waals surface area contributed by atoms with Crippen molar-refractivity contribution in [3.05, 3.63) is 52.7 Å². The van der Waals surface area contributed by atoms with E-state index in [9.17, 15) is 13.2 Å². The Kier molecular flexibility index (Phi) is 7.76. The maximum Gasteiger partial charge on any atom is 0.253 e. The first-order valence-electron chi connectivity index (χ1n) is 8.33. The summed E-state index contributed by atoms with van der Waals surface area (Å²) < 4.78 is 36.1. The van der Waals surface area contributed by atoms with Gasteiger partial charge in [-0.15, -0.1) is 0 Å². The number of halogens is 1. The predicted molar refractivity (Wildman–Crippen MR) is 105 cm³/mol. The molecule has 28 heavy (non-hydrogen) atoms. The Bertz CT molecular complexity index is 935. The number of hydrogen-bond acceptors (Lipinski definition) is 6. The van der Waals surface area contributed by atoms with E-state index in [-0.39, 0.29) is 22.0 Å². The van der Waals surface area contributed by atoms with Crippen LogP contribution in [0.1, 0.15) is 15.9 Å². The molecule has 0 atom stereocenters. The maximum atomic E-state index is 12.6. The van der Waals surface area contributed by atoms with Gasteiger partial charge in [-0.2, -0.15) is 0 Å². The monoisotopic (exact) mass is 427 g/mol. The van der Waals surface area contributed by atoms with Crippen molar-refractivity contribution in [3.8, 4) is 5.88 Å². The lowest BCUT2D eigenvalue weighted by atomic mass is 10.2. The van der Waals surface area contributed by atoms with Gasteiger partial charge in [0, 0.05) is 39.5 Å². The largest absolute Gasteiger partial charge is 0.475 e. The van der Waals surface area contributed by atoms with E-state index in [1.165, 1.54) is 32.3 Å². The van der Waals surface area contributed by atoms with Gasteiger partial charge in [0.1, 0.15) is 6.61 Å². The topological polar surface area (TPSA) is 97.8 Å². The minimum absolute atomic E-state index is 0.0167. The smallest absolute Gasteiger partial charge is 0.253 e. The van der Waals surface area contributed by atoms with E-state index in [0.29, 0.717) is 24.7 Å². The van der Waals surface area contributed by atoms with E-state index in [0.717, 1.165) is 4.31 Å². The average molecular weight is 428 g/mol.